The van der Waals surface area contributed by atoms with Gasteiger partial charge in [-0.15, -0.1) is 11.3 Å². The Morgan fingerprint density at radius 3 is 2.48 bits per heavy atom. The lowest BCUT2D eigenvalue weighted by atomic mass is 10.2. The van der Waals surface area contributed by atoms with Crippen LogP contribution in [0.4, 0.5) is 5.82 Å². The van der Waals surface area contributed by atoms with Crippen molar-refractivity contribution < 1.29 is 8.42 Å². The molecule has 0 aliphatic carbocycles. The monoisotopic (exact) mass is 347 g/mol. The van der Waals surface area contributed by atoms with Gasteiger partial charge in [0.05, 0.1) is 10.3 Å². The van der Waals surface area contributed by atoms with Gasteiger partial charge in [-0.25, -0.2) is 18.4 Å². The van der Waals surface area contributed by atoms with Crippen molar-refractivity contribution in [3.63, 3.8) is 0 Å². The van der Waals surface area contributed by atoms with Crippen molar-refractivity contribution in [3.05, 3.63) is 46.6 Å². The second-order valence-electron chi connectivity index (χ2n) is 5.46. The van der Waals surface area contributed by atoms with E-state index >= 15 is 0 Å². The van der Waals surface area contributed by atoms with Crippen LogP contribution >= 0.6 is 11.3 Å². The summed E-state index contributed by atoms with van der Waals surface area (Å²) >= 11 is 1.66. The Hall–Kier alpha value is -1.99. The fourth-order valence-corrected chi connectivity index (χ4v) is 3.98. The van der Waals surface area contributed by atoms with Gasteiger partial charge >= 0.3 is 0 Å². The Kier molecular flexibility index (Phi) is 4.08. The molecule has 0 bridgehead atoms. The van der Waals surface area contributed by atoms with Gasteiger partial charge in [-0.2, -0.15) is 0 Å². The number of sulfone groups is 1. The standard InChI is InChI=1S/C16H17N3O2S2/c1-10-11(2)22-16-14(10)15(18-9-19-16)17-8-12-4-6-13(7-5-12)23(3,20)21/h4-7,9H,8H2,1-3H3,(H,17,18,19). The summed E-state index contributed by atoms with van der Waals surface area (Å²) in [6.45, 7) is 4.73. The van der Waals surface area contributed by atoms with Gasteiger partial charge in [0.2, 0.25) is 0 Å². The molecule has 0 atom stereocenters. The van der Waals surface area contributed by atoms with Crippen LogP contribution in [-0.4, -0.2) is 24.6 Å². The summed E-state index contributed by atoms with van der Waals surface area (Å²) in [5.41, 5.74) is 2.19. The number of hydrogen-bond acceptors (Lipinski definition) is 6. The van der Waals surface area contributed by atoms with Crippen LogP contribution < -0.4 is 5.32 Å². The third-order valence-electron chi connectivity index (χ3n) is 3.78. The van der Waals surface area contributed by atoms with E-state index in [-0.39, 0.29) is 0 Å². The molecule has 3 rings (SSSR count). The zero-order valence-electron chi connectivity index (χ0n) is 13.1. The van der Waals surface area contributed by atoms with Gasteiger partial charge in [-0.05, 0) is 37.1 Å². The molecule has 1 aromatic carbocycles. The van der Waals surface area contributed by atoms with Crippen LogP contribution in [-0.2, 0) is 16.4 Å². The highest BCUT2D eigenvalue weighted by Gasteiger charge is 2.12. The smallest absolute Gasteiger partial charge is 0.175 e. The predicted octanol–water partition coefficient (Wildman–Crippen LogP) is 3.32. The summed E-state index contributed by atoms with van der Waals surface area (Å²) in [5.74, 6) is 0.809. The Morgan fingerprint density at radius 1 is 1.13 bits per heavy atom. The first-order chi connectivity index (χ1) is 10.9. The number of nitrogens with one attached hydrogen (secondary N) is 1. The number of nitrogens with zero attached hydrogens (tertiary/aromatic N) is 2. The highest BCUT2D eigenvalue weighted by molar-refractivity contribution is 7.90. The van der Waals surface area contributed by atoms with Crippen LogP contribution in [0.15, 0.2) is 35.5 Å². The number of aromatic nitrogens is 2. The first-order valence-electron chi connectivity index (χ1n) is 7.10. The normalized spacial score (nSPS) is 11.8. The van der Waals surface area contributed by atoms with Crippen molar-refractivity contribution in [1.29, 1.82) is 0 Å². The molecule has 7 heteroatoms. The Morgan fingerprint density at radius 2 is 1.83 bits per heavy atom. The fraction of sp³-hybridized carbons (Fsp3) is 0.250. The topological polar surface area (TPSA) is 72.0 Å². The van der Waals surface area contributed by atoms with Gasteiger partial charge in [-0.3, -0.25) is 0 Å². The van der Waals surface area contributed by atoms with Gasteiger partial charge in [-0.1, -0.05) is 12.1 Å². The molecule has 0 spiro atoms. The Bertz CT molecular complexity index is 961. The van der Waals surface area contributed by atoms with Crippen LogP contribution in [0.1, 0.15) is 16.0 Å². The number of benzene rings is 1. The third kappa shape index (κ3) is 3.20. The number of thiophene rings is 1. The molecule has 2 aromatic heterocycles. The van der Waals surface area contributed by atoms with Gasteiger partial charge in [0.15, 0.2) is 9.84 Å². The molecule has 0 aliphatic heterocycles. The van der Waals surface area contributed by atoms with Crippen molar-refractivity contribution in [3.8, 4) is 0 Å². The quantitative estimate of drug-likeness (QED) is 0.784. The first-order valence-corrected chi connectivity index (χ1v) is 9.80. The highest BCUT2D eigenvalue weighted by Crippen LogP contribution is 2.32. The maximum Gasteiger partial charge on any atom is 0.175 e. The molecule has 0 radical (unpaired) electrons. The first kappa shape index (κ1) is 15.9. The number of fused-ring (bicyclic) bond motifs is 1. The summed E-state index contributed by atoms with van der Waals surface area (Å²) in [6.07, 6.45) is 2.77. The maximum atomic E-state index is 11.5. The minimum Gasteiger partial charge on any atom is -0.365 e. The molecule has 2 heterocycles. The second kappa shape index (κ2) is 5.90. The zero-order chi connectivity index (χ0) is 16.6. The lowest BCUT2D eigenvalue weighted by Crippen LogP contribution is -2.03. The van der Waals surface area contributed by atoms with Crippen molar-refractivity contribution in [2.75, 3.05) is 11.6 Å². The zero-order valence-corrected chi connectivity index (χ0v) is 14.8. The van der Waals surface area contributed by atoms with Crippen LogP contribution in [0.5, 0.6) is 0 Å². The van der Waals surface area contributed by atoms with Crippen molar-refractivity contribution in [2.24, 2.45) is 0 Å². The largest absolute Gasteiger partial charge is 0.365 e. The maximum absolute atomic E-state index is 11.5. The van der Waals surface area contributed by atoms with E-state index in [2.05, 4.69) is 29.1 Å². The van der Waals surface area contributed by atoms with E-state index in [9.17, 15) is 8.42 Å². The van der Waals surface area contributed by atoms with Gasteiger partial charge in [0.1, 0.15) is 17.0 Å². The number of hydrogen-bond donors (Lipinski definition) is 1. The lowest BCUT2D eigenvalue weighted by molar-refractivity contribution is 0.602. The average Bonchev–Trinajstić information content (AvgIpc) is 2.80. The summed E-state index contributed by atoms with van der Waals surface area (Å²) in [4.78, 5) is 11.2. The van der Waals surface area contributed by atoms with E-state index in [4.69, 9.17) is 0 Å². The Balaban J connectivity index is 1.84. The molecule has 0 amide bonds. The minimum absolute atomic E-state index is 0.329. The molecule has 0 saturated heterocycles. The van der Waals surface area contributed by atoms with Crippen LogP contribution in [0, 0.1) is 13.8 Å². The molecule has 5 nitrogen and oxygen atoms in total. The van der Waals surface area contributed by atoms with E-state index in [1.165, 1.54) is 16.7 Å². The predicted molar refractivity (Wildman–Crippen MR) is 93.8 cm³/mol. The van der Waals surface area contributed by atoms with E-state index in [0.717, 1.165) is 21.6 Å². The summed E-state index contributed by atoms with van der Waals surface area (Å²) < 4.78 is 23.0. The number of aryl methyl sites for hydroxylation is 2. The molecule has 0 saturated carbocycles. The molecule has 120 valence electrons. The van der Waals surface area contributed by atoms with Crippen molar-refractivity contribution in [1.82, 2.24) is 9.97 Å². The van der Waals surface area contributed by atoms with Gasteiger partial charge in [0, 0.05) is 17.7 Å². The van der Waals surface area contributed by atoms with Crippen LogP contribution in [0.25, 0.3) is 10.2 Å². The summed E-state index contributed by atoms with van der Waals surface area (Å²) in [5, 5.41) is 4.38. The molecule has 0 unspecified atom stereocenters. The van der Waals surface area contributed by atoms with Crippen LogP contribution in [0.2, 0.25) is 0 Å². The molecular weight excluding hydrogens is 330 g/mol. The van der Waals surface area contributed by atoms with E-state index in [1.54, 1.807) is 29.8 Å². The van der Waals surface area contributed by atoms with Gasteiger partial charge in [0.25, 0.3) is 0 Å². The minimum atomic E-state index is -3.16. The molecular formula is C16H17N3O2S2. The number of rotatable bonds is 4. The molecule has 1 N–H and O–H groups in total. The highest BCUT2D eigenvalue weighted by atomic mass is 32.2. The number of anilines is 1. The fourth-order valence-electron chi connectivity index (χ4n) is 2.36. The molecule has 0 fully saturated rings. The van der Waals surface area contributed by atoms with Crippen molar-refractivity contribution >= 4 is 37.2 Å². The van der Waals surface area contributed by atoms with Gasteiger partial charge < -0.3 is 5.32 Å². The third-order valence-corrected chi connectivity index (χ3v) is 6.02. The summed E-state index contributed by atoms with van der Waals surface area (Å²) in [6, 6.07) is 6.88. The van der Waals surface area contributed by atoms with E-state index in [1.807, 2.05) is 12.1 Å². The Labute approximate surface area is 139 Å². The van der Waals surface area contributed by atoms with E-state index in [0.29, 0.717) is 11.4 Å². The van der Waals surface area contributed by atoms with E-state index < -0.39 is 9.84 Å². The molecule has 23 heavy (non-hydrogen) atoms. The second-order valence-corrected chi connectivity index (χ2v) is 8.67. The molecule has 0 aliphatic rings. The SMILES string of the molecule is Cc1sc2ncnc(NCc3ccc(S(C)(=O)=O)cc3)c2c1C. The molecule has 3 aromatic rings. The van der Waals surface area contributed by atoms with Crippen molar-refractivity contribution in [2.45, 2.75) is 25.3 Å². The lowest BCUT2D eigenvalue weighted by Gasteiger charge is -2.08. The summed E-state index contributed by atoms with van der Waals surface area (Å²) in [7, 11) is -3.16. The van der Waals surface area contributed by atoms with Crippen LogP contribution in [0.3, 0.4) is 0 Å². The average molecular weight is 347 g/mol.